The number of carbonyl (C=O) groups is 2. The van der Waals surface area contributed by atoms with E-state index in [1.54, 1.807) is 23.6 Å². The molecule has 1 atom stereocenters. The number of fused-ring (bicyclic) bond motifs is 1. The number of nitrogens with one attached hydrogen (secondary N) is 1. The average molecular weight is 453 g/mol. The van der Waals surface area contributed by atoms with Gasteiger partial charge in [0.2, 0.25) is 0 Å². The molecule has 2 aromatic rings. The summed E-state index contributed by atoms with van der Waals surface area (Å²) in [6.07, 6.45) is 1.08. The van der Waals surface area contributed by atoms with Gasteiger partial charge < -0.3 is 14.8 Å². The van der Waals surface area contributed by atoms with E-state index < -0.39 is 33.4 Å². The fourth-order valence-corrected chi connectivity index (χ4v) is 5.38. The van der Waals surface area contributed by atoms with Crippen molar-refractivity contribution in [2.45, 2.75) is 25.9 Å². The van der Waals surface area contributed by atoms with Gasteiger partial charge in [-0.3, -0.25) is 14.5 Å². The number of nitrogens with zero attached hydrogens (tertiary/aromatic N) is 1. The Hall–Kier alpha value is -2.59. The zero-order valence-electron chi connectivity index (χ0n) is 17.4. The van der Waals surface area contributed by atoms with Crippen molar-refractivity contribution >= 4 is 38.0 Å². The van der Waals surface area contributed by atoms with Gasteiger partial charge in [-0.15, -0.1) is 11.3 Å². The van der Waals surface area contributed by atoms with Crippen molar-refractivity contribution in [1.82, 2.24) is 4.90 Å². The topological polar surface area (TPSA) is 102 Å². The van der Waals surface area contributed by atoms with Crippen molar-refractivity contribution in [3.05, 3.63) is 40.3 Å². The zero-order valence-corrected chi connectivity index (χ0v) is 19.0. The van der Waals surface area contributed by atoms with Crippen LogP contribution in [0.5, 0.6) is 11.5 Å². The van der Waals surface area contributed by atoms with Gasteiger partial charge in [-0.25, -0.2) is 8.42 Å². The van der Waals surface area contributed by atoms with Crippen LogP contribution in [0.2, 0.25) is 0 Å². The summed E-state index contributed by atoms with van der Waals surface area (Å²) in [5, 5.41) is 5.42. The van der Waals surface area contributed by atoms with Crippen molar-refractivity contribution in [2.75, 3.05) is 31.5 Å². The molecule has 30 heavy (non-hydrogen) atoms. The molecular weight excluding hydrogens is 428 g/mol. The van der Waals surface area contributed by atoms with Crippen molar-refractivity contribution in [2.24, 2.45) is 0 Å². The van der Waals surface area contributed by atoms with Crippen molar-refractivity contribution in [3.63, 3.8) is 0 Å². The number of methoxy groups -OCH3 is 2. The van der Waals surface area contributed by atoms with Gasteiger partial charge in [0.15, 0.2) is 11.5 Å². The first-order chi connectivity index (χ1) is 14.1. The van der Waals surface area contributed by atoms with E-state index in [1.165, 1.54) is 25.6 Å². The van der Waals surface area contributed by atoms with Gasteiger partial charge in [-0.05, 0) is 31.5 Å². The largest absolute Gasteiger partial charge is 0.493 e. The summed E-state index contributed by atoms with van der Waals surface area (Å²) in [6, 6.07) is 3.92. The first kappa shape index (κ1) is 22.1. The summed E-state index contributed by atoms with van der Waals surface area (Å²) in [7, 11) is -0.577. The van der Waals surface area contributed by atoms with E-state index in [0.29, 0.717) is 22.1 Å². The molecule has 1 aliphatic rings. The van der Waals surface area contributed by atoms with Gasteiger partial charge in [-0.2, -0.15) is 0 Å². The molecule has 0 fully saturated rings. The van der Waals surface area contributed by atoms with Crippen LogP contribution in [0, 0.1) is 0 Å². The highest BCUT2D eigenvalue weighted by molar-refractivity contribution is 7.90. The van der Waals surface area contributed by atoms with Gasteiger partial charge in [0, 0.05) is 17.7 Å². The predicted molar refractivity (Wildman–Crippen MR) is 116 cm³/mol. The van der Waals surface area contributed by atoms with Crippen LogP contribution in [0.3, 0.4) is 0 Å². The first-order valence-electron chi connectivity index (χ1n) is 9.23. The molecule has 162 valence electrons. The molecule has 0 saturated carbocycles. The van der Waals surface area contributed by atoms with E-state index in [0.717, 1.165) is 11.2 Å². The zero-order chi connectivity index (χ0) is 22.2. The predicted octanol–water partition coefficient (Wildman–Crippen LogP) is 2.97. The normalized spacial score (nSPS) is 14.8. The first-order valence-corrected chi connectivity index (χ1v) is 12.2. The van der Waals surface area contributed by atoms with Crippen LogP contribution in [0.4, 0.5) is 5.00 Å². The minimum absolute atomic E-state index is 0.0716. The quantitative estimate of drug-likeness (QED) is 0.614. The number of benzene rings is 1. The number of hydrogen-bond donors (Lipinski definition) is 1. The molecule has 0 saturated heterocycles. The molecule has 8 nitrogen and oxygen atoms in total. The van der Waals surface area contributed by atoms with Gasteiger partial charge in [0.1, 0.15) is 14.8 Å². The van der Waals surface area contributed by atoms with Crippen molar-refractivity contribution < 1.29 is 27.5 Å². The van der Waals surface area contributed by atoms with Gasteiger partial charge >= 0.3 is 0 Å². The molecule has 2 amide bonds. The lowest BCUT2D eigenvalue weighted by molar-refractivity contribution is 0.0597. The van der Waals surface area contributed by atoms with Crippen LogP contribution < -0.4 is 14.8 Å². The molecule has 0 unspecified atom stereocenters. The highest BCUT2D eigenvalue weighted by Crippen LogP contribution is 2.41. The third kappa shape index (κ3) is 4.15. The molecule has 0 bridgehead atoms. The average Bonchev–Trinajstić information content (AvgIpc) is 3.18. The SMILES string of the molecule is COc1ccc([C@H](CS(C)(=O)=O)N2C(=O)c3csc(NC(C)C)c3C2=O)cc1OC. The van der Waals surface area contributed by atoms with E-state index in [2.05, 4.69) is 5.32 Å². The minimum Gasteiger partial charge on any atom is -0.493 e. The van der Waals surface area contributed by atoms with Crippen LogP contribution in [0.25, 0.3) is 0 Å². The number of rotatable bonds is 8. The summed E-state index contributed by atoms with van der Waals surface area (Å²) < 4.78 is 34.9. The van der Waals surface area contributed by atoms with E-state index in [4.69, 9.17) is 9.47 Å². The van der Waals surface area contributed by atoms with E-state index in [-0.39, 0.29) is 17.2 Å². The summed E-state index contributed by atoms with van der Waals surface area (Å²) >= 11 is 1.29. The number of carbonyl (C=O) groups excluding carboxylic acids is 2. The standard InChI is InChI=1S/C20H24N2O6S2/c1-11(2)21-18-17-13(9-29-18)19(23)22(20(17)24)14(10-30(5,25)26)12-6-7-15(27-3)16(8-12)28-4/h6-9,11,14,21H,10H2,1-5H3/t14-/m0/s1. The fraction of sp³-hybridized carbons (Fsp3) is 0.400. The van der Waals surface area contributed by atoms with E-state index in [9.17, 15) is 18.0 Å². The van der Waals surface area contributed by atoms with E-state index >= 15 is 0 Å². The van der Waals surface area contributed by atoms with Gasteiger partial charge in [-0.1, -0.05) is 6.07 Å². The highest BCUT2D eigenvalue weighted by atomic mass is 32.2. The maximum absolute atomic E-state index is 13.3. The molecule has 1 aliphatic heterocycles. The smallest absolute Gasteiger partial charge is 0.265 e. The van der Waals surface area contributed by atoms with Crippen molar-refractivity contribution in [3.8, 4) is 11.5 Å². The van der Waals surface area contributed by atoms with E-state index in [1.807, 2.05) is 13.8 Å². The molecule has 1 N–H and O–H groups in total. The number of thiophene rings is 1. The molecule has 1 aromatic heterocycles. The second-order valence-electron chi connectivity index (χ2n) is 7.36. The third-order valence-corrected chi connectivity index (χ3v) is 6.49. The fourth-order valence-electron chi connectivity index (χ4n) is 3.39. The van der Waals surface area contributed by atoms with Crippen LogP contribution in [0.15, 0.2) is 23.6 Å². The second kappa shape index (κ2) is 8.27. The molecule has 10 heteroatoms. The second-order valence-corrected chi connectivity index (χ2v) is 10.4. The Bertz CT molecular complexity index is 1090. The summed E-state index contributed by atoms with van der Waals surface area (Å²) in [5.74, 6) is -0.584. The molecule has 2 heterocycles. The number of ether oxygens (including phenoxy) is 2. The molecule has 0 aliphatic carbocycles. The monoisotopic (exact) mass is 452 g/mol. The lowest BCUT2D eigenvalue weighted by atomic mass is 10.1. The maximum atomic E-state index is 13.3. The summed E-state index contributed by atoms with van der Waals surface area (Å²) in [6.45, 7) is 3.86. The number of anilines is 1. The third-order valence-electron chi connectivity index (χ3n) is 4.66. The Morgan fingerprint density at radius 3 is 2.33 bits per heavy atom. The van der Waals surface area contributed by atoms with Crippen molar-refractivity contribution in [1.29, 1.82) is 0 Å². The number of hydrogen-bond acceptors (Lipinski definition) is 8. The van der Waals surface area contributed by atoms with Crippen LogP contribution in [-0.2, 0) is 9.84 Å². The Kier molecular flexibility index (Phi) is 6.09. The summed E-state index contributed by atoms with van der Waals surface area (Å²) in [5.41, 5.74) is 1.04. The van der Waals surface area contributed by atoms with Crippen LogP contribution in [0.1, 0.15) is 46.2 Å². The lowest BCUT2D eigenvalue weighted by Gasteiger charge is -2.27. The molecule has 3 rings (SSSR count). The maximum Gasteiger partial charge on any atom is 0.265 e. The minimum atomic E-state index is -3.52. The van der Waals surface area contributed by atoms with Gasteiger partial charge in [0.05, 0.1) is 37.1 Å². The van der Waals surface area contributed by atoms with Crippen LogP contribution >= 0.6 is 11.3 Å². The molecule has 1 aromatic carbocycles. The molecule has 0 spiro atoms. The molecular formula is C20H24N2O6S2. The van der Waals surface area contributed by atoms with Gasteiger partial charge in [0.25, 0.3) is 11.8 Å². The number of sulfone groups is 1. The lowest BCUT2D eigenvalue weighted by Crippen LogP contribution is -2.38. The number of amides is 2. The Balaban J connectivity index is 2.08. The number of imide groups is 1. The highest BCUT2D eigenvalue weighted by Gasteiger charge is 2.44. The Labute approximate surface area is 179 Å². The Morgan fingerprint density at radius 1 is 1.10 bits per heavy atom. The Morgan fingerprint density at radius 2 is 1.77 bits per heavy atom. The van der Waals surface area contributed by atoms with Crippen LogP contribution in [-0.4, -0.2) is 57.4 Å². The molecule has 0 radical (unpaired) electrons. The summed E-state index contributed by atoms with van der Waals surface area (Å²) in [4.78, 5) is 27.4.